The van der Waals surface area contributed by atoms with E-state index in [1.807, 2.05) is 18.2 Å². The number of benzene rings is 1. The first-order chi connectivity index (χ1) is 17.3. The fraction of sp³-hybridized carbons (Fsp3) is 0.679. The first-order valence-electron chi connectivity index (χ1n) is 13.7. The van der Waals surface area contributed by atoms with Crippen LogP contribution in [0.5, 0.6) is 0 Å². The number of carbonyl (C=O) groups is 1. The number of nitrogens with one attached hydrogen (secondary N) is 2. The number of para-hydroxylation sites is 1. The Balaban J connectivity index is 1.09. The smallest absolute Gasteiger partial charge is 0.464 e. The van der Waals surface area contributed by atoms with Crippen LogP contribution >= 0.6 is 0 Å². The normalized spacial score (nSPS) is 40.3. The van der Waals surface area contributed by atoms with Crippen molar-refractivity contribution in [3.63, 3.8) is 0 Å². The number of alkyl carbamates (subject to hydrolysis) is 1. The summed E-state index contributed by atoms with van der Waals surface area (Å²) in [6.07, 6.45) is 4.17. The Morgan fingerprint density at radius 1 is 1.28 bits per heavy atom. The Hall–Kier alpha value is -2.03. The lowest BCUT2D eigenvalue weighted by molar-refractivity contribution is -0.199. The summed E-state index contributed by atoms with van der Waals surface area (Å²) in [7, 11) is -0.534. The van der Waals surface area contributed by atoms with Crippen molar-refractivity contribution in [2.75, 3.05) is 13.2 Å². The van der Waals surface area contributed by atoms with Crippen LogP contribution in [-0.2, 0) is 20.5 Å². The first kappa shape index (κ1) is 23.1. The van der Waals surface area contributed by atoms with Gasteiger partial charge in [0.25, 0.3) is 0 Å². The molecule has 9 atom stereocenters. The molecular weight excluding hydrogens is 455 g/mol. The molecule has 7 nitrogen and oxygen atoms in total. The van der Waals surface area contributed by atoms with Crippen LogP contribution in [0.3, 0.4) is 0 Å². The lowest BCUT2D eigenvalue weighted by Crippen LogP contribution is -2.65. The average Bonchev–Trinajstić information content (AvgIpc) is 3.25. The van der Waals surface area contributed by atoms with Crippen molar-refractivity contribution in [2.45, 2.75) is 70.6 Å². The number of hydrogen-bond donors (Lipinski definition) is 2. The van der Waals surface area contributed by atoms with Crippen LogP contribution in [0, 0.1) is 35.0 Å². The summed E-state index contributed by atoms with van der Waals surface area (Å²) in [5.41, 5.74) is 1.79. The predicted octanol–water partition coefficient (Wildman–Crippen LogP) is 4.19. The third kappa shape index (κ3) is 3.40. The Bertz CT molecular complexity index is 1180. The third-order valence-electron chi connectivity index (χ3n) is 10.7. The molecule has 4 saturated carbocycles. The summed E-state index contributed by atoms with van der Waals surface area (Å²) >= 11 is 0. The molecule has 2 saturated heterocycles. The van der Waals surface area contributed by atoms with Gasteiger partial charge in [-0.3, -0.25) is 0 Å². The number of carbonyl (C=O) groups excluding carboxylic acids is 1. The maximum Gasteiger partial charge on any atom is 0.482 e. The lowest BCUT2D eigenvalue weighted by Gasteiger charge is -2.64. The van der Waals surface area contributed by atoms with Crippen LogP contribution in [0.1, 0.15) is 46.1 Å². The highest BCUT2D eigenvalue weighted by atomic mass is 16.7. The number of ether oxygens (including phenoxy) is 1. The number of furan rings is 1. The van der Waals surface area contributed by atoms with Gasteiger partial charge in [-0.05, 0) is 79.4 Å². The van der Waals surface area contributed by atoms with E-state index in [4.69, 9.17) is 18.5 Å². The fourth-order valence-corrected chi connectivity index (χ4v) is 8.23. The maximum absolute atomic E-state index is 13.0. The molecule has 4 aliphatic carbocycles. The van der Waals surface area contributed by atoms with E-state index < -0.39 is 13.2 Å². The van der Waals surface area contributed by atoms with Gasteiger partial charge in [0, 0.05) is 11.4 Å². The highest BCUT2D eigenvalue weighted by Gasteiger charge is 2.68. The minimum Gasteiger partial charge on any atom is -0.464 e. The van der Waals surface area contributed by atoms with Crippen molar-refractivity contribution < 1.29 is 23.3 Å². The summed E-state index contributed by atoms with van der Waals surface area (Å²) in [5.74, 6) is 2.84. The van der Waals surface area contributed by atoms with Crippen molar-refractivity contribution in [1.29, 1.82) is 0 Å². The standard InChI is InChI=1S/C28H37BN2O5/c1-15-19-12-30-20(25(15)19)14-34-26(32)31-24(9-16-13-33-21-8-6-5-7-18(16)21)29-35-23-11-17-10-22(27(17,2)3)28(23,4)36-29/h5-8,13,15,17,19-20,22-25,30H,9-12,14H2,1-4H3,(H,31,32)/t15-,17-,19+,20-,22-,23+,24-,25-,28-/m0/s1. The van der Waals surface area contributed by atoms with Gasteiger partial charge < -0.3 is 29.1 Å². The van der Waals surface area contributed by atoms with Crippen LogP contribution in [0.25, 0.3) is 11.0 Å². The Labute approximate surface area is 213 Å². The minimum absolute atomic E-state index is 0.0525. The van der Waals surface area contributed by atoms with Gasteiger partial charge in [0.15, 0.2) is 0 Å². The number of rotatable bonds is 6. The van der Waals surface area contributed by atoms with Gasteiger partial charge in [-0.15, -0.1) is 0 Å². The quantitative estimate of drug-likeness (QED) is 0.589. The van der Waals surface area contributed by atoms with E-state index in [1.165, 1.54) is 6.42 Å². The van der Waals surface area contributed by atoms with Crippen LogP contribution in [0.15, 0.2) is 34.9 Å². The molecule has 1 amide bonds. The Kier molecular flexibility index (Phi) is 5.13. The summed E-state index contributed by atoms with van der Waals surface area (Å²) in [4.78, 5) is 13.0. The zero-order chi connectivity index (χ0) is 24.8. The highest BCUT2D eigenvalue weighted by Crippen LogP contribution is 2.65. The van der Waals surface area contributed by atoms with E-state index in [9.17, 15) is 4.79 Å². The van der Waals surface area contributed by atoms with E-state index in [2.05, 4.69) is 44.4 Å². The highest BCUT2D eigenvalue weighted by molar-refractivity contribution is 6.48. The molecule has 0 unspecified atom stereocenters. The second-order valence-electron chi connectivity index (χ2n) is 12.8. The molecule has 3 heterocycles. The molecule has 6 aliphatic rings. The summed E-state index contributed by atoms with van der Waals surface area (Å²) in [6, 6.07) is 8.24. The van der Waals surface area contributed by atoms with Crippen molar-refractivity contribution >= 4 is 24.2 Å². The van der Waals surface area contributed by atoms with Gasteiger partial charge in [-0.1, -0.05) is 39.0 Å². The van der Waals surface area contributed by atoms with E-state index in [0.29, 0.717) is 30.8 Å². The molecule has 6 fully saturated rings. The third-order valence-corrected chi connectivity index (χ3v) is 10.7. The maximum atomic E-state index is 13.0. The first-order valence-corrected chi connectivity index (χ1v) is 13.7. The molecule has 1 aromatic carbocycles. The second kappa shape index (κ2) is 7.99. The van der Waals surface area contributed by atoms with Crippen molar-refractivity contribution in [2.24, 2.45) is 35.0 Å². The molecule has 0 spiro atoms. The Morgan fingerprint density at radius 2 is 2.11 bits per heavy atom. The average molecular weight is 492 g/mol. The lowest BCUT2D eigenvalue weighted by atomic mass is 9.43. The van der Waals surface area contributed by atoms with Crippen LogP contribution < -0.4 is 10.6 Å². The van der Waals surface area contributed by atoms with Gasteiger partial charge in [-0.2, -0.15) is 0 Å². The molecule has 0 radical (unpaired) electrons. The molecule has 36 heavy (non-hydrogen) atoms. The van der Waals surface area contributed by atoms with Crippen LogP contribution in [-0.4, -0.2) is 50.1 Å². The van der Waals surface area contributed by atoms with Crippen LogP contribution in [0.2, 0.25) is 0 Å². The van der Waals surface area contributed by atoms with E-state index in [0.717, 1.165) is 41.3 Å². The van der Waals surface area contributed by atoms with E-state index in [1.54, 1.807) is 6.26 Å². The number of amides is 1. The molecule has 1 aromatic heterocycles. The summed E-state index contributed by atoms with van der Waals surface area (Å²) < 4.78 is 24.8. The van der Waals surface area contributed by atoms with Crippen LogP contribution in [0.4, 0.5) is 4.79 Å². The molecule has 8 heteroatoms. The monoisotopic (exact) mass is 492 g/mol. The van der Waals surface area contributed by atoms with E-state index >= 15 is 0 Å². The summed E-state index contributed by atoms with van der Waals surface area (Å²) in [5, 5.41) is 7.66. The van der Waals surface area contributed by atoms with Gasteiger partial charge in [0.1, 0.15) is 12.2 Å². The summed E-state index contributed by atoms with van der Waals surface area (Å²) in [6.45, 7) is 10.6. The van der Waals surface area contributed by atoms with Crippen molar-refractivity contribution in [1.82, 2.24) is 10.6 Å². The van der Waals surface area contributed by atoms with Gasteiger partial charge in [0.05, 0.1) is 23.9 Å². The zero-order valence-electron chi connectivity index (χ0n) is 21.7. The Morgan fingerprint density at radius 3 is 2.89 bits per heavy atom. The van der Waals surface area contributed by atoms with E-state index in [-0.39, 0.29) is 29.1 Å². The number of piperidine rings is 1. The van der Waals surface area contributed by atoms with Gasteiger partial charge >= 0.3 is 13.2 Å². The van der Waals surface area contributed by atoms with Gasteiger partial charge in [0.2, 0.25) is 0 Å². The van der Waals surface area contributed by atoms with Gasteiger partial charge in [-0.25, -0.2) is 4.79 Å². The minimum atomic E-state index is -0.534. The van der Waals surface area contributed by atoms with Crippen molar-refractivity contribution in [3.05, 3.63) is 36.1 Å². The van der Waals surface area contributed by atoms with Crippen molar-refractivity contribution in [3.8, 4) is 0 Å². The molecule has 192 valence electrons. The molecular formula is C28H37BN2O5. The fourth-order valence-electron chi connectivity index (χ4n) is 8.23. The largest absolute Gasteiger partial charge is 0.482 e. The second-order valence-corrected chi connectivity index (χ2v) is 12.8. The number of fused-ring (bicyclic) bond motifs is 2. The molecule has 2 aliphatic heterocycles. The molecule has 8 rings (SSSR count). The zero-order valence-corrected chi connectivity index (χ0v) is 21.7. The molecule has 2 aromatic rings. The predicted molar refractivity (Wildman–Crippen MR) is 136 cm³/mol. The molecule has 2 N–H and O–H groups in total. The molecule has 2 bridgehead atoms. The SMILES string of the molecule is C[C@H]1[C@H]2CN[C@@H](COC(=O)N[C@@H](Cc3coc4ccccc34)B3O[C@@H]4C[C@@H]5C[C@@H](C5(C)C)[C@]4(C)O3)[C@@H]12. The topological polar surface area (TPSA) is 82.0 Å². The number of hydrogen-bond acceptors (Lipinski definition) is 6.